The van der Waals surface area contributed by atoms with E-state index in [0.717, 1.165) is 26.9 Å². The van der Waals surface area contributed by atoms with Crippen molar-refractivity contribution in [1.82, 2.24) is 9.47 Å². The van der Waals surface area contributed by atoms with E-state index in [-0.39, 0.29) is 18.3 Å². The lowest BCUT2D eigenvalue weighted by molar-refractivity contribution is -0.115. The molecule has 3 aromatic rings. The molecule has 6 nitrogen and oxygen atoms in total. The minimum Gasteiger partial charge on any atom is -0.465 e. The molecule has 0 fully saturated rings. The number of amides is 2. The number of carbonyl (C=O) groups excluding carboxylic acids is 3. The number of ether oxygens (including phenoxy) is 1. The van der Waals surface area contributed by atoms with Crippen LogP contribution in [0.3, 0.4) is 0 Å². The van der Waals surface area contributed by atoms with Crippen LogP contribution < -0.4 is 0 Å². The van der Waals surface area contributed by atoms with E-state index >= 15 is 0 Å². The number of methoxy groups -OCH3 is 1. The average molecular weight is 497 g/mol. The quantitative estimate of drug-likeness (QED) is 0.223. The average Bonchev–Trinajstić information content (AvgIpc) is 3.13. The lowest BCUT2D eigenvalue weighted by Crippen LogP contribution is -2.30. The molecule has 2 amide bonds. The maximum atomic E-state index is 13.7. The molecule has 7 heteroatoms. The highest BCUT2D eigenvalue weighted by Crippen LogP contribution is 2.28. The third kappa shape index (κ3) is 5.58. The smallest absolute Gasteiger partial charge is 0.337 e. The Morgan fingerprint density at radius 1 is 1.16 bits per heavy atom. The first kappa shape index (κ1) is 25.4. The fourth-order valence-corrected chi connectivity index (χ4v) is 4.04. The van der Waals surface area contributed by atoms with E-state index in [2.05, 4.69) is 5.73 Å². The molecule has 1 aliphatic carbocycles. The number of hydrogen-bond donors (Lipinski definition) is 0. The van der Waals surface area contributed by atoms with Crippen molar-refractivity contribution in [1.29, 1.82) is 0 Å². The van der Waals surface area contributed by atoms with Crippen molar-refractivity contribution in [3.63, 3.8) is 0 Å². The minimum absolute atomic E-state index is 0.209. The number of hydrogen-bond acceptors (Lipinski definition) is 4. The first-order valence-electron chi connectivity index (χ1n) is 11.7. The summed E-state index contributed by atoms with van der Waals surface area (Å²) >= 11 is 0. The first-order chi connectivity index (χ1) is 17.9. The summed E-state index contributed by atoms with van der Waals surface area (Å²) in [6.07, 6.45) is 12.4. The standard InChI is InChI=1S/C30H25FN2O4/c1-21-8-3-4-12-26(21)29(35)32(20-34)17-6-5-9-23-19-33(25-11-7-10-24(31)14-15-25)28-16-13-22(18-27(23)28)30(36)37-2/h3-5,7-10,12-16,18-20H,6,17H2,1-2H3/b9-5+. The Morgan fingerprint density at radius 3 is 2.73 bits per heavy atom. The van der Waals surface area contributed by atoms with E-state index in [1.165, 1.54) is 25.3 Å². The van der Waals surface area contributed by atoms with Crippen LogP contribution in [0.2, 0.25) is 0 Å². The van der Waals surface area contributed by atoms with Gasteiger partial charge in [-0.3, -0.25) is 14.5 Å². The Bertz CT molecular complexity index is 1530. The summed E-state index contributed by atoms with van der Waals surface area (Å²) in [5.74, 6) is -1.19. The fourth-order valence-electron chi connectivity index (χ4n) is 4.04. The summed E-state index contributed by atoms with van der Waals surface area (Å²) in [6.45, 7) is 2.04. The summed E-state index contributed by atoms with van der Waals surface area (Å²) in [6, 6.07) is 12.3. The molecule has 0 radical (unpaired) electrons. The zero-order valence-corrected chi connectivity index (χ0v) is 20.5. The number of halogens is 1. The molecule has 0 bridgehead atoms. The Kier molecular flexibility index (Phi) is 7.77. The molecule has 0 saturated heterocycles. The van der Waals surface area contributed by atoms with Crippen molar-refractivity contribution in [3.05, 3.63) is 113 Å². The van der Waals surface area contributed by atoms with Gasteiger partial charge in [0.05, 0.1) is 23.9 Å². The van der Waals surface area contributed by atoms with Crippen LogP contribution in [-0.4, -0.2) is 41.4 Å². The van der Waals surface area contributed by atoms with Gasteiger partial charge < -0.3 is 9.30 Å². The fraction of sp³-hybridized carbons (Fsp3) is 0.133. The number of aromatic nitrogens is 1. The number of allylic oxidation sites excluding steroid dienone is 5. The predicted molar refractivity (Wildman–Crippen MR) is 141 cm³/mol. The first-order valence-corrected chi connectivity index (χ1v) is 11.7. The topological polar surface area (TPSA) is 68.6 Å². The molecule has 186 valence electrons. The molecule has 37 heavy (non-hydrogen) atoms. The third-order valence-corrected chi connectivity index (χ3v) is 5.99. The second-order valence-corrected chi connectivity index (χ2v) is 8.37. The Labute approximate surface area is 213 Å². The molecule has 4 rings (SSSR count). The molecular weight excluding hydrogens is 471 g/mol. The van der Waals surface area contributed by atoms with Crippen LogP contribution >= 0.6 is 0 Å². The summed E-state index contributed by atoms with van der Waals surface area (Å²) < 4.78 is 20.4. The maximum Gasteiger partial charge on any atom is 0.337 e. The molecular formula is C30H25FN2O4. The number of benzene rings is 2. The van der Waals surface area contributed by atoms with E-state index in [1.807, 2.05) is 42.0 Å². The van der Waals surface area contributed by atoms with E-state index in [0.29, 0.717) is 29.7 Å². The number of imide groups is 1. The number of esters is 1. The Balaban J connectivity index is 1.62. The normalized spacial score (nSPS) is 12.8. The van der Waals surface area contributed by atoms with E-state index < -0.39 is 5.97 Å². The van der Waals surface area contributed by atoms with Gasteiger partial charge in [0.2, 0.25) is 6.41 Å². The highest BCUT2D eigenvalue weighted by molar-refractivity contribution is 6.01. The zero-order valence-electron chi connectivity index (χ0n) is 20.5. The number of carbonyl (C=O) groups is 3. The van der Waals surface area contributed by atoms with Gasteiger partial charge >= 0.3 is 5.97 Å². The molecule has 1 aromatic heterocycles. The number of rotatable bonds is 8. The molecule has 2 aromatic carbocycles. The van der Waals surface area contributed by atoms with Crippen LogP contribution in [0, 0.1) is 6.92 Å². The molecule has 0 atom stereocenters. The molecule has 0 N–H and O–H groups in total. The van der Waals surface area contributed by atoms with Crippen LogP contribution in [0.1, 0.15) is 38.3 Å². The molecule has 1 heterocycles. The van der Waals surface area contributed by atoms with Crippen molar-refractivity contribution < 1.29 is 23.5 Å². The second-order valence-electron chi connectivity index (χ2n) is 8.37. The van der Waals surface area contributed by atoms with E-state index in [9.17, 15) is 18.8 Å². The minimum atomic E-state index is -0.458. The Morgan fingerprint density at radius 2 is 1.97 bits per heavy atom. The molecule has 0 unspecified atom stereocenters. The maximum absolute atomic E-state index is 13.7. The largest absolute Gasteiger partial charge is 0.465 e. The van der Waals surface area contributed by atoms with Gasteiger partial charge in [0.15, 0.2) is 0 Å². The number of aryl methyl sites for hydroxylation is 1. The van der Waals surface area contributed by atoms with Gasteiger partial charge in [-0.05, 0) is 67.5 Å². The lowest BCUT2D eigenvalue weighted by atomic mass is 10.1. The van der Waals surface area contributed by atoms with Gasteiger partial charge in [0, 0.05) is 29.3 Å². The summed E-state index contributed by atoms with van der Waals surface area (Å²) in [7, 11) is 1.32. The van der Waals surface area contributed by atoms with Gasteiger partial charge in [-0.2, -0.15) is 0 Å². The van der Waals surface area contributed by atoms with Crippen LogP contribution in [0.25, 0.3) is 22.7 Å². The Hall–Kier alpha value is -4.74. The highest BCUT2D eigenvalue weighted by Gasteiger charge is 2.16. The highest BCUT2D eigenvalue weighted by atomic mass is 19.1. The van der Waals surface area contributed by atoms with Gasteiger partial charge in [0.1, 0.15) is 5.83 Å². The van der Waals surface area contributed by atoms with Crippen molar-refractivity contribution in [2.75, 3.05) is 13.7 Å². The summed E-state index contributed by atoms with van der Waals surface area (Å²) in [4.78, 5) is 37.7. The van der Waals surface area contributed by atoms with E-state index in [1.54, 1.807) is 36.4 Å². The van der Waals surface area contributed by atoms with Gasteiger partial charge in [0.25, 0.3) is 5.91 Å². The van der Waals surface area contributed by atoms with Crippen LogP contribution in [0.4, 0.5) is 4.39 Å². The van der Waals surface area contributed by atoms with Crippen LogP contribution in [0.5, 0.6) is 0 Å². The van der Waals surface area contributed by atoms with Crippen molar-refractivity contribution in [2.45, 2.75) is 13.3 Å². The van der Waals surface area contributed by atoms with Gasteiger partial charge in [-0.15, -0.1) is 0 Å². The monoisotopic (exact) mass is 496 g/mol. The SMILES string of the molecule is COC(=O)c1ccc2c(c1)c(/C=C/CCN(C=O)C(=O)c1ccccc1C)cn2C1=C=CC=C(F)C=C1. The number of nitrogens with zero attached hydrogens (tertiary/aromatic N) is 2. The predicted octanol–water partition coefficient (Wildman–Crippen LogP) is 5.86. The lowest BCUT2D eigenvalue weighted by Gasteiger charge is -2.15. The van der Waals surface area contributed by atoms with E-state index in [4.69, 9.17) is 4.74 Å². The zero-order chi connectivity index (χ0) is 26.4. The van der Waals surface area contributed by atoms with Gasteiger partial charge in [-0.1, -0.05) is 36.1 Å². The van der Waals surface area contributed by atoms with Crippen molar-refractivity contribution in [3.8, 4) is 0 Å². The summed E-state index contributed by atoms with van der Waals surface area (Å²) in [5, 5.41) is 0.780. The molecule has 0 saturated carbocycles. The summed E-state index contributed by atoms with van der Waals surface area (Å²) in [5.41, 5.74) is 6.95. The number of fused-ring (bicyclic) bond motifs is 1. The van der Waals surface area contributed by atoms with Crippen LogP contribution in [-0.2, 0) is 9.53 Å². The van der Waals surface area contributed by atoms with Crippen LogP contribution in [0.15, 0.2) is 90.6 Å². The molecule has 1 aliphatic rings. The molecule has 0 aliphatic heterocycles. The molecule has 0 spiro atoms. The van der Waals surface area contributed by atoms with Crippen molar-refractivity contribution >= 4 is 41.0 Å². The van der Waals surface area contributed by atoms with Gasteiger partial charge in [-0.25, -0.2) is 9.18 Å². The second kappa shape index (κ2) is 11.3. The van der Waals surface area contributed by atoms with Crippen molar-refractivity contribution in [2.24, 2.45) is 0 Å². The third-order valence-electron chi connectivity index (χ3n) is 5.99.